The van der Waals surface area contributed by atoms with Crippen molar-refractivity contribution in [2.75, 3.05) is 13.7 Å². The summed E-state index contributed by atoms with van der Waals surface area (Å²) in [4.78, 5) is 28.5. The Labute approximate surface area is 150 Å². The largest absolute Gasteiger partial charge is 0.455 e. The molecular formula is C20H19FN2O3. The molecule has 134 valence electrons. The number of nitrogens with zero attached hydrogens (tertiary/aromatic N) is 1. The Hall–Kier alpha value is -3.15. The fraction of sp³-hybridized carbons (Fsp3) is 0.200. The van der Waals surface area contributed by atoms with E-state index in [1.54, 1.807) is 31.4 Å². The van der Waals surface area contributed by atoms with Gasteiger partial charge < -0.3 is 14.6 Å². The number of hydrogen-bond donors (Lipinski definition) is 1. The lowest BCUT2D eigenvalue weighted by molar-refractivity contribution is -0.151. The summed E-state index contributed by atoms with van der Waals surface area (Å²) in [6.07, 6.45) is 1.84. The number of carbonyl (C=O) groups excluding carboxylic acids is 2. The summed E-state index contributed by atoms with van der Waals surface area (Å²) in [5.74, 6) is -1.24. The van der Waals surface area contributed by atoms with Gasteiger partial charge in [0.15, 0.2) is 6.61 Å². The van der Waals surface area contributed by atoms with E-state index in [0.717, 1.165) is 16.5 Å². The molecule has 3 rings (SSSR count). The summed E-state index contributed by atoms with van der Waals surface area (Å²) < 4.78 is 18.7. The van der Waals surface area contributed by atoms with Crippen molar-refractivity contribution in [3.8, 4) is 0 Å². The first-order chi connectivity index (χ1) is 12.5. The zero-order valence-corrected chi connectivity index (χ0v) is 14.4. The first-order valence-corrected chi connectivity index (χ1v) is 8.22. The smallest absolute Gasteiger partial charge is 0.310 e. The zero-order valence-electron chi connectivity index (χ0n) is 14.4. The van der Waals surface area contributed by atoms with Crippen molar-refractivity contribution in [3.05, 3.63) is 71.7 Å². The molecule has 0 fully saturated rings. The molecule has 0 unspecified atom stereocenters. The molecule has 0 saturated heterocycles. The maximum Gasteiger partial charge on any atom is 0.310 e. The van der Waals surface area contributed by atoms with Crippen molar-refractivity contribution in [1.29, 1.82) is 0 Å². The average Bonchev–Trinajstić information content (AvgIpc) is 3.04. The van der Waals surface area contributed by atoms with E-state index >= 15 is 0 Å². The SMILES string of the molecule is CN(Cc1ccccc1F)C(=O)COC(=O)Cc1c[nH]c2ccccc12. The van der Waals surface area contributed by atoms with Crippen LogP contribution in [0, 0.1) is 5.82 Å². The molecule has 26 heavy (non-hydrogen) atoms. The van der Waals surface area contributed by atoms with E-state index in [1.807, 2.05) is 24.3 Å². The number of nitrogens with one attached hydrogen (secondary N) is 1. The highest BCUT2D eigenvalue weighted by Gasteiger charge is 2.15. The number of carbonyl (C=O) groups is 2. The second-order valence-electron chi connectivity index (χ2n) is 6.04. The first kappa shape index (κ1) is 17.7. The molecule has 1 amide bonds. The van der Waals surface area contributed by atoms with Crippen molar-refractivity contribution in [2.45, 2.75) is 13.0 Å². The van der Waals surface area contributed by atoms with Crippen LogP contribution >= 0.6 is 0 Å². The topological polar surface area (TPSA) is 62.4 Å². The Kier molecular flexibility index (Phi) is 5.31. The molecule has 0 bridgehead atoms. The van der Waals surface area contributed by atoms with Gasteiger partial charge in [-0.05, 0) is 17.7 Å². The highest BCUT2D eigenvalue weighted by Crippen LogP contribution is 2.18. The number of aromatic nitrogens is 1. The van der Waals surface area contributed by atoms with E-state index in [9.17, 15) is 14.0 Å². The normalized spacial score (nSPS) is 10.7. The van der Waals surface area contributed by atoms with Crippen molar-refractivity contribution < 1.29 is 18.7 Å². The van der Waals surface area contributed by atoms with Gasteiger partial charge >= 0.3 is 5.97 Å². The number of hydrogen-bond acceptors (Lipinski definition) is 3. The lowest BCUT2D eigenvalue weighted by Gasteiger charge is -2.17. The second-order valence-corrected chi connectivity index (χ2v) is 6.04. The standard InChI is InChI=1S/C20H19FN2O3/c1-23(12-14-6-2-4-8-17(14)21)19(24)13-26-20(25)10-15-11-22-18-9-5-3-7-16(15)18/h2-9,11,22H,10,12-13H2,1H3. The minimum atomic E-state index is -0.484. The van der Waals surface area contributed by atoms with Gasteiger partial charge in [-0.15, -0.1) is 0 Å². The highest BCUT2D eigenvalue weighted by molar-refractivity contribution is 5.88. The van der Waals surface area contributed by atoms with Crippen LogP contribution in [-0.4, -0.2) is 35.4 Å². The van der Waals surface area contributed by atoms with Crippen LogP contribution in [0.3, 0.4) is 0 Å². The summed E-state index contributed by atoms with van der Waals surface area (Å²) in [6.45, 7) is -0.252. The number of likely N-dealkylation sites (N-methyl/N-ethyl adjacent to an activating group) is 1. The third-order valence-electron chi connectivity index (χ3n) is 4.16. The van der Waals surface area contributed by atoms with Gasteiger partial charge in [0.25, 0.3) is 5.91 Å². The molecule has 1 heterocycles. The van der Waals surface area contributed by atoms with Gasteiger partial charge in [-0.25, -0.2) is 4.39 Å². The molecule has 1 N–H and O–H groups in total. The second kappa shape index (κ2) is 7.82. The number of esters is 1. The van der Waals surface area contributed by atoms with E-state index in [-0.39, 0.29) is 31.3 Å². The number of rotatable bonds is 6. The fourth-order valence-electron chi connectivity index (χ4n) is 2.71. The van der Waals surface area contributed by atoms with Crippen molar-refractivity contribution >= 4 is 22.8 Å². The summed E-state index contributed by atoms with van der Waals surface area (Å²) in [5, 5.41) is 0.951. The summed E-state index contributed by atoms with van der Waals surface area (Å²) in [7, 11) is 1.54. The fourth-order valence-corrected chi connectivity index (χ4v) is 2.71. The van der Waals surface area contributed by atoms with Crippen LogP contribution in [0.25, 0.3) is 10.9 Å². The van der Waals surface area contributed by atoms with Crippen molar-refractivity contribution in [2.24, 2.45) is 0 Å². The van der Waals surface area contributed by atoms with Gasteiger partial charge in [-0.1, -0.05) is 36.4 Å². The number of fused-ring (bicyclic) bond motifs is 1. The number of benzene rings is 2. The van der Waals surface area contributed by atoms with E-state index in [4.69, 9.17) is 4.74 Å². The number of amides is 1. The lowest BCUT2D eigenvalue weighted by atomic mass is 10.1. The minimum Gasteiger partial charge on any atom is -0.455 e. The minimum absolute atomic E-state index is 0.0777. The third-order valence-corrected chi connectivity index (χ3v) is 4.16. The first-order valence-electron chi connectivity index (χ1n) is 8.22. The number of halogens is 1. The molecule has 0 atom stereocenters. The Morgan fingerprint density at radius 2 is 1.81 bits per heavy atom. The molecule has 0 spiro atoms. The Morgan fingerprint density at radius 3 is 2.62 bits per heavy atom. The number of para-hydroxylation sites is 1. The number of H-pyrrole nitrogens is 1. The summed E-state index contributed by atoms with van der Waals surface area (Å²) >= 11 is 0. The van der Waals surface area contributed by atoms with Crippen LogP contribution in [0.1, 0.15) is 11.1 Å². The number of ether oxygens (including phenoxy) is 1. The molecular weight excluding hydrogens is 335 g/mol. The molecule has 2 aromatic carbocycles. The molecule has 0 aliphatic heterocycles. The molecule has 5 nitrogen and oxygen atoms in total. The average molecular weight is 354 g/mol. The van der Waals surface area contributed by atoms with E-state index in [0.29, 0.717) is 5.56 Å². The molecule has 1 aromatic heterocycles. The van der Waals surface area contributed by atoms with Crippen molar-refractivity contribution in [1.82, 2.24) is 9.88 Å². The Bertz CT molecular complexity index is 935. The molecule has 0 aliphatic carbocycles. The maximum absolute atomic E-state index is 13.6. The molecule has 0 aliphatic rings. The third kappa shape index (κ3) is 4.08. The van der Waals surface area contributed by atoms with Crippen LogP contribution in [0.4, 0.5) is 4.39 Å². The summed E-state index contributed by atoms with van der Waals surface area (Å²) in [5.41, 5.74) is 2.17. The Balaban J connectivity index is 1.52. The predicted octanol–water partition coefficient (Wildman–Crippen LogP) is 3.05. The monoisotopic (exact) mass is 354 g/mol. The van der Waals surface area contributed by atoms with Crippen LogP contribution in [-0.2, 0) is 27.3 Å². The van der Waals surface area contributed by atoms with Gasteiger partial charge in [0.2, 0.25) is 0 Å². The molecule has 3 aromatic rings. The van der Waals surface area contributed by atoms with Gasteiger partial charge in [0, 0.05) is 36.3 Å². The van der Waals surface area contributed by atoms with Crippen LogP contribution < -0.4 is 0 Å². The van der Waals surface area contributed by atoms with Crippen molar-refractivity contribution in [3.63, 3.8) is 0 Å². The van der Waals surface area contributed by atoms with Crippen LogP contribution in [0.2, 0.25) is 0 Å². The molecule has 0 saturated carbocycles. The van der Waals surface area contributed by atoms with E-state index < -0.39 is 5.97 Å². The van der Waals surface area contributed by atoms with Crippen LogP contribution in [0.5, 0.6) is 0 Å². The summed E-state index contributed by atoms with van der Waals surface area (Å²) in [6, 6.07) is 13.9. The molecule has 6 heteroatoms. The molecule has 0 radical (unpaired) electrons. The number of aromatic amines is 1. The van der Waals surface area contributed by atoms with E-state index in [1.165, 1.54) is 11.0 Å². The lowest BCUT2D eigenvalue weighted by Crippen LogP contribution is -2.31. The van der Waals surface area contributed by atoms with Gasteiger partial charge in [0.1, 0.15) is 5.82 Å². The zero-order chi connectivity index (χ0) is 18.5. The van der Waals surface area contributed by atoms with Gasteiger partial charge in [0.05, 0.1) is 6.42 Å². The van der Waals surface area contributed by atoms with E-state index in [2.05, 4.69) is 4.98 Å². The highest BCUT2D eigenvalue weighted by atomic mass is 19.1. The quantitative estimate of drug-likeness (QED) is 0.692. The predicted molar refractivity (Wildman–Crippen MR) is 95.8 cm³/mol. The van der Waals surface area contributed by atoms with Gasteiger partial charge in [-0.3, -0.25) is 9.59 Å². The Morgan fingerprint density at radius 1 is 1.08 bits per heavy atom. The van der Waals surface area contributed by atoms with Gasteiger partial charge in [-0.2, -0.15) is 0 Å². The maximum atomic E-state index is 13.6. The van der Waals surface area contributed by atoms with Crippen LogP contribution in [0.15, 0.2) is 54.7 Å².